The van der Waals surface area contributed by atoms with Crippen molar-refractivity contribution in [3.8, 4) is 11.5 Å². The van der Waals surface area contributed by atoms with Gasteiger partial charge < -0.3 is 15.0 Å². The molecule has 130 valence electrons. The number of halogens is 3. The summed E-state index contributed by atoms with van der Waals surface area (Å²) in [7, 11) is 0. The fraction of sp³-hybridized carbons (Fsp3) is 0.278. The Morgan fingerprint density at radius 1 is 1.00 bits per heavy atom. The van der Waals surface area contributed by atoms with Gasteiger partial charge in [0.2, 0.25) is 0 Å². The van der Waals surface area contributed by atoms with E-state index in [4.69, 9.17) is 4.74 Å². The highest BCUT2D eigenvalue weighted by Crippen LogP contribution is 2.41. The minimum Gasteiger partial charge on any atom is -0.454 e. The first kappa shape index (κ1) is 16.0. The summed E-state index contributed by atoms with van der Waals surface area (Å²) < 4.78 is 45.1. The van der Waals surface area contributed by atoms with Crippen LogP contribution in [0.4, 0.5) is 18.9 Å². The molecule has 0 atom stereocenters. The third-order valence-electron chi connectivity index (χ3n) is 4.28. The van der Waals surface area contributed by atoms with Crippen molar-refractivity contribution in [2.24, 2.45) is 4.99 Å². The zero-order valence-corrected chi connectivity index (χ0v) is 13.3. The van der Waals surface area contributed by atoms with Gasteiger partial charge in [0.1, 0.15) is 17.3 Å². The van der Waals surface area contributed by atoms with Gasteiger partial charge in [-0.3, -0.25) is 0 Å². The average Bonchev–Trinajstić information content (AvgIpc) is 2.77. The van der Waals surface area contributed by atoms with Crippen molar-refractivity contribution in [3.05, 3.63) is 53.6 Å². The summed E-state index contributed by atoms with van der Waals surface area (Å²) in [5.41, 5.74) is 0.248. The monoisotopic (exact) mass is 347 g/mol. The van der Waals surface area contributed by atoms with Gasteiger partial charge in [0.05, 0.1) is 11.1 Å². The molecule has 2 aliphatic heterocycles. The van der Waals surface area contributed by atoms with E-state index < -0.39 is 11.7 Å². The molecule has 4 nitrogen and oxygen atoms in total. The molecule has 0 spiro atoms. The van der Waals surface area contributed by atoms with Crippen molar-refractivity contribution < 1.29 is 17.9 Å². The first-order chi connectivity index (χ1) is 12.0. The minimum absolute atomic E-state index is 0.194. The molecular formula is C18H16F3N3O. The topological polar surface area (TPSA) is 36.9 Å². The summed E-state index contributed by atoms with van der Waals surface area (Å²) in [4.78, 5) is 6.65. The van der Waals surface area contributed by atoms with Crippen molar-refractivity contribution >= 4 is 11.5 Å². The maximum Gasteiger partial charge on any atom is 0.416 e. The fourth-order valence-electron chi connectivity index (χ4n) is 3.02. The Hall–Kier alpha value is -2.54. The van der Waals surface area contributed by atoms with Gasteiger partial charge in [0.15, 0.2) is 5.75 Å². The standard InChI is InChI=1S/C18H16F3N3O/c19-18(20,21)12-5-6-16-14(11-12)23-17(24-9-7-22-8-10-24)13-3-1-2-4-15(13)25-16/h1-6,11,22H,7-10H2. The predicted molar refractivity (Wildman–Crippen MR) is 88.6 cm³/mol. The molecule has 1 N–H and O–H groups in total. The van der Waals surface area contributed by atoms with E-state index in [0.717, 1.165) is 43.9 Å². The number of benzene rings is 2. The third kappa shape index (κ3) is 3.07. The number of piperazine rings is 1. The molecule has 0 bridgehead atoms. The van der Waals surface area contributed by atoms with Crippen LogP contribution in [0.15, 0.2) is 47.5 Å². The fourth-order valence-corrected chi connectivity index (χ4v) is 3.02. The van der Waals surface area contributed by atoms with Gasteiger partial charge in [-0.25, -0.2) is 4.99 Å². The van der Waals surface area contributed by atoms with Crippen molar-refractivity contribution in [2.45, 2.75) is 6.18 Å². The lowest BCUT2D eigenvalue weighted by atomic mass is 10.1. The van der Waals surface area contributed by atoms with Crippen LogP contribution in [0.25, 0.3) is 0 Å². The van der Waals surface area contributed by atoms with E-state index in [1.54, 1.807) is 6.07 Å². The van der Waals surface area contributed by atoms with E-state index in [9.17, 15) is 13.2 Å². The van der Waals surface area contributed by atoms with Crippen LogP contribution in [0.2, 0.25) is 0 Å². The Morgan fingerprint density at radius 2 is 1.76 bits per heavy atom. The molecule has 2 aromatic rings. The van der Waals surface area contributed by atoms with Crippen molar-refractivity contribution in [2.75, 3.05) is 26.2 Å². The molecule has 0 aliphatic carbocycles. The summed E-state index contributed by atoms with van der Waals surface area (Å²) in [6, 6.07) is 10.8. The highest BCUT2D eigenvalue weighted by atomic mass is 19.4. The lowest BCUT2D eigenvalue weighted by Gasteiger charge is -2.30. The number of ether oxygens (including phenoxy) is 1. The van der Waals surface area contributed by atoms with Crippen LogP contribution in [-0.4, -0.2) is 36.9 Å². The number of rotatable bonds is 0. The Labute approximate surface area is 142 Å². The van der Waals surface area contributed by atoms with Crippen molar-refractivity contribution in [1.29, 1.82) is 0 Å². The quantitative estimate of drug-likeness (QED) is 0.788. The number of alkyl halides is 3. The van der Waals surface area contributed by atoms with Gasteiger partial charge in [-0.2, -0.15) is 13.2 Å². The summed E-state index contributed by atoms with van der Waals surface area (Å²) in [6.07, 6.45) is -4.42. The van der Waals surface area contributed by atoms with Gasteiger partial charge in [-0.15, -0.1) is 0 Å². The summed E-state index contributed by atoms with van der Waals surface area (Å²) >= 11 is 0. The van der Waals surface area contributed by atoms with Gasteiger partial charge in [-0.1, -0.05) is 12.1 Å². The average molecular weight is 347 g/mol. The molecule has 0 saturated carbocycles. The highest BCUT2D eigenvalue weighted by Gasteiger charge is 2.32. The number of aliphatic imine (C=N–C) groups is 1. The maximum atomic E-state index is 13.1. The van der Waals surface area contributed by atoms with Crippen molar-refractivity contribution in [3.63, 3.8) is 0 Å². The van der Waals surface area contributed by atoms with Gasteiger partial charge in [-0.05, 0) is 30.3 Å². The number of para-hydroxylation sites is 1. The minimum atomic E-state index is -4.42. The molecule has 2 aromatic carbocycles. The van der Waals surface area contributed by atoms with Crippen LogP contribution in [0, 0.1) is 0 Å². The van der Waals surface area contributed by atoms with Crippen LogP contribution in [0.3, 0.4) is 0 Å². The molecule has 25 heavy (non-hydrogen) atoms. The second-order valence-electron chi connectivity index (χ2n) is 5.95. The number of hydrogen-bond acceptors (Lipinski definition) is 4. The second kappa shape index (κ2) is 6.07. The van der Waals surface area contributed by atoms with E-state index in [-0.39, 0.29) is 5.69 Å². The van der Waals surface area contributed by atoms with Gasteiger partial charge in [0, 0.05) is 26.2 Å². The lowest BCUT2D eigenvalue weighted by Crippen LogP contribution is -2.46. The number of hydrogen-bond donors (Lipinski definition) is 1. The first-order valence-electron chi connectivity index (χ1n) is 8.05. The molecule has 1 fully saturated rings. The van der Waals surface area contributed by atoms with E-state index in [1.165, 1.54) is 6.07 Å². The predicted octanol–water partition coefficient (Wildman–Crippen LogP) is 3.79. The third-order valence-corrected chi connectivity index (χ3v) is 4.28. The summed E-state index contributed by atoms with van der Waals surface area (Å²) in [5, 5.41) is 3.26. The van der Waals surface area contributed by atoms with Crippen molar-refractivity contribution in [1.82, 2.24) is 10.2 Å². The first-order valence-corrected chi connectivity index (χ1v) is 8.05. The molecule has 0 radical (unpaired) electrons. The molecule has 1 saturated heterocycles. The van der Waals surface area contributed by atoms with E-state index >= 15 is 0 Å². The molecule has 2 aliphatic rings. The number of nitrogens with zero attached hydrogens (tertiary/aromatic N) is 2. The lowest BCUT2D eigenvalue weighted by molar-refractivity contribution is -0.137. The second-order valence-corrected chi connectivity index (χ2v) is 5.95. The van der Waals surface area contributed by atoms with Crippen LogP contribution >= 0.6 is 0 Å². The molecule has 0 amide bonds. The Morgan fingerprint density at radius 3 is 2.52 bits per heavy atom. The zero-order chi connectivity index (χ0) is 17.4. The SMILES string of the molecule is FC(F)(F)c1ccc2c(c1)N=C(N1CCNCC1)c1ccccc1O2. The smallest absolute Gasteiger partial charge is 0.416 e. The van der Waals surface area contributed by atoms with E-state index in [1.807, 2.05) is 18.2 Å². The molecule has 2 heterocycles. The number of amidine groups is 1. The van der Waals surface area contributed by atoms with Crippen LogP contribution in [-0.2, 0) is 6.18 Å². The maximum absolute atomic E-state index is 13.1. The molecule has 4 rings (SSSR count). The summed E-state index contributed by atoms with van der Waals surface area (Å²) in [5.74, 6) is 1.57. The Kier molecular flexibility index (Phi) is 3.88. The van der Waals surface area contributed by atoms with Crippen LogP contribution < -0.4 is 10.1 Å². The number of fused-ring (bicyclic) bond motifs is 2. The molecule has 0 unspecified atom stereocenters. The zero-order valence-electron chi connectivity index (χ0n) is 13.3. The molecular weight excluding hydrogens is 331 g/mol. The van der Waals surface area contributed by atoms with Gasteiger partial charge in [0.25, 0.3) is 0 Å². The normalized spacial score (nSPS) is 17.1. The van der Waals surface area contributed by atoms with E-state index in [2.05, 4.69) is 15.2 Å². The highest BCUT2D eigenvalue weighted by molar-refractivity contribution is 6.03. The largest absolute Gasteiger partial charge is 0.454 e. The van der Waals surface area contributed by atoms with Gasteiger partial charge >= 0.3 is 6.18 Å². The summed E-state index contributed by atoms with van der Waals surface area (Å²) in [6.45, 7) is 3.08. The molecule has 7 heteroatoms. The van der Waals surface area contributed by atoms with Crippen LogP contribution in [0.1, 0.15) is 11.1 Å². The Balaban J connectivity index is 1.86. The molecule has 0 aromatic heterocycles. The van der Waals surface area contributed by atoms with E-state index in [0.29, 0.717) is 17.3 Å². The number of nitrogens with one attached hydrogen (secondary N) is 1. The Bertz CT molecular complexity index is 827. The van der Waals surface area contributed by atoms with Crippen LogP contribution in [0.5, 0.6) is 11.5 Å².